The molecule has 0 saturated carbocycles. The van der Waals surface area contributed by atoms with E-state index in [1.807, 2.05) is 0 Å². The van der Waals surface area contributed by atoms with Crippen molar-refractivity contribution >= 4 is 18.4 Å². The number of para-hydroxylation sites is 2. The molecule has 0 N–H and O–H groups in total. The van der Waals surface area contributed by atoms with Crippen LogP contribution >= 0.6 is 0 Å². The first-order chi connectivity index (χ1) is 8.86. The first kappa shape index (κ1) is 11.2. The Bertz CT molecular complexity index is 453. The Morgan fingerprint density at radius 3 is 1.50 bits per heavy atom. The summed E-state index contributed by atoms with van der Waals surface area (Å²) in [5, 5.41) is 0. The van der Waals surface area contributed by atoms with Crippen LogP contribution in [0, 0.1) is 0 Å². The molecule has 0 aromatic heterocycles. The fraction of sp³-hybridized carbons (Fsp3) is 0.200. The molecule has 2 aromatic carbocycles. The van der Waals surface area contributed by atoms with Gasteiger partial charge >= 0.3 is 6.98 Å². The predicted octanol–water partition coefficient (Wildman–Crippen LogP) is 3.13. The summed E-state index contributed by atoms with van der Waals surface area (Å²) in [6.45, 7) is 4.85. The van der Waals surface area contributed by atoms with Crippen LogP contribution in [0.15, 0.2) is 60.7 Å². The van der Waals surface area contributed by atoms with Gasteiger partial charge in [0.1, 0.15) is 0 Å². The minimum absolute atomic E-state index is 0.412. The summed E-state index contributed by atoms with van der Waals surface area (Å²) >= 11 is 0. The van der Waals surface area contributed by atoms with Crippen molar-refractivity contribution in [2.45, 2.75) is 6.82 Å². The average Bonchev–Trinajstić information content (AvgIpc) is 2.83. The molecule has 0 atom stereocenters. The quantitative estimate of drug-likeness (QED) is 0.739. The summed E-state index contributed by atoms with van der Waals surface area (Å²) in [5.41, 5.74) is 2.62. The molecular formula is C15H17BN2. The van der Waals surface area contributed by atoms with E-state index in [9.17, 15) is 0 Å². The average molecular weight is 236 g/mol. The third kappa shape index (κ3) is 1.97. The van der Waals surface area contributed by atoms with Crippen LogP contribution in [0.1, 0.15) is 0 Å². The zero-order valence-corrected chi connectivity index (χ0v) is 10.7. The summed E-state index contributed by atoms with van der Waals surface area (Å²) < 4.78 is 0. The van der Waals surface area contributed by atoms with E-state index in [4.69, 9.17) is 0 Å². The van der Waals surface area contributed by atoms with Gasteiger partial charge in [0.05, 0.1) is 0 Å². The maximum Gasteiger partial charge on any atom is 0.372 e. The first-order valence-electron chi connectivity index (χ1n) is 6.49. The van der Waals surface area contributed by atoms with E-state index in [0.29, 0.717) is 6.98 Å². The Labute approximate surface area is 109 Å². The van der Waals surface area contributed by atoms with Gasteiger partial charge in [0, 0.05) is 24.5 Å². The van der Waals surface area contributed by atoms with Gasteiger partial charge in [-0.3, -0.25) is 0 Å². The molecule has 3 rings (SSSR count). The molecular weight excluding hydrogens is 219 g/mol. The van der Waals surface area contributed by atoms with Crippen LogP contribution in [0.4, 0.5) is 11.4 Å². The molecule has 0 unspecified atom stereocenters. The highest BCUT2D eigenvalue weighted by Crippen LogP contribution is 2.25. The number of benzene rings is 2. The van der Waals surface area contributed by atoms with Crippen LogP contribution in [-0.4, -0.2) is 20.1 Å². The minimum atomic E-state index is 0.412. The minimum Gasteiger partial charge on any atom is -0.394 e. The lowest BCUT2D eigenvalue weighted by atomic mass is 9.76. The Morgan fingerprint density at radius 1 is 0.722 bits per heavy atom. The van der Waals surface area contributed by atoms with Crippen molar-refractivity contribution in [3.8, 4) is 0 Å². The summed E-state index contributed by atoms with van der Waals surface area (Å²) in [6.07, 6.45) is 0. The third-order valence-corrected chi connectivity index (χ3v) is 3.66. The molecule has 0 radical (unpaired) electrons. The number of hydrogen-bond donors (Lipinski definition) is 0. The van der Waals surface area contributed by atoms with Crippen LogP contribution in [0.3, 0.4) is 0 Å². The van der Waals surface area contributed by atoms with E-state index in [1.54, 1.807) is 0 Å². The number of nitrogens with zero attached hydrogens (tertiary/aromatic N) is 2. The predicted molar refractivity (Wildman–Crippen MR) is 79.2 cm³/mol. The fourth-order valence-corrected chi connectivity index (χ4v) is 2.69. The Morgan fingerprint density at radius 2 is 1.11 bits per heavy atom. The molecule has 1 aliphatic rings. The lowest BCUT2D eigenvalue weighted by molar-refractivity contribution is 1.02. The zero-order valence-electron chi connectivity index (χ0n) is 10.7. The Hall–Kier alpha value is -1.90. The van der Waals surface area contributed by atoms with Crippen LogP contribution in [0.2, 0.25) is 6.82 Å². The van der Waals surface area contributed by atoms with Crippen molar-refractivity contribution in [1.29, 1.82) is 0 Å². The highest BCUT2D eigenvalue weighted by molar-refractivity contribution is 6.67. The van der Waals surface area contributed by atoms with E-state index >= 15 is 0 Å². The molecule has 1 saturated heterocycles. The zero-order chi connectivity index (χ0) is 12.4. The summed E-state index contributed by atoms with van der Waals surface area (Å²) in [4.78, 5) is 4.90. The standard InChI is InChI=1S/C15H17BN2/c1-16-17(14-8-4-2-5-9-14)12-13-18(16)15-10-6-3-7-11-15/h2-11H,12-13H2,1H3. The van der Waals surface area contributed by atoms with E-state index in [1.165, 1.54) is 11.4 Å². The Balaban J connectivity index is 1.83. The van der Waals surface area contributed by atoms with E-state index in [2.05, 4.69) is 77.1 Å². The van der Waals surface area contributed by atoms with E-state index in [-0.39, 0.29) is 0 Å². The van der Waals surface area contributed by atoms with Crippen molar-refractivity contribution < 1.29 is 0 Å². The lowest BCUT2D eigenvalue weighted by Gasteiger charge is -2.26. The van der Waals surface area contributed by atoms with Crippen LogP contribution in [0.25, 0.3) is 0 Å². The van der Waals surface area contributed by atoms with Crippen molar-refractivity contribution in [2.75, 3.05) is 22.7 Å². The number of rotatable bonds is 2. The topological polar surface area (TPSA) is 6.48 Å². The van der Waals surface area contributed by atoms with Gasteiger partial charge in [0.15, 0.2) is 0 Å². The molecule has 1 heterocycles. The maximum absolute atomic E-state index is 2.45. The number of hydrogen-bond acceptors (Lipinski definition) is 2. The second-order valence-corrected chi connectivity index (χ2v) is 4.69. The molecule has 0 aliphatic carbocycles. The van der Waals surface area contributed by atoms with Crippen molar-refractivity contribution in [2.24, 2.45) is 0 Å². The first-order valence-corrected chi connectivity index (χ1v) is 6.49. The maximum atomic E-state index is 2.45. The van der Waals surface area contributed by atoms with Gasteiger partial charge in [-0.2, -0.15) is 0 Å². The van der Waals surface area contributed by atoms with Gasteiger partial charge in [-0.25, -0.2) is 0 Å². The highest BCUT2D eigenvalue weighted by atomic mass is 15.3. The van der Waals surface area contributed by atoms with Gasteiger partial charge in [-0.1, -0.05) is 36.4 Å². The molecule has 0 bridgehead atoms. The van der Waals surface area contributed by atoms with Gasteiger partial charge in [0.2, 0.25) is 0 Å². The van der Waals surface area contributed by atoms with Crippen LogP contribution in [0.5, 0.6) is 0 Å². The Kier molecular flexibility index (Phi) is 2.97. The number of anilines is 2. The highest BCUT2D eigenvalue weighted by Gasteiger charge is 2.32. The van der Waals surface area contributed by atoms with Crippen molar-refractivity contribution in [1.82, 2.24) is 0 Å². The van der Waals surface area contributed by atoms with Crippen molar-refractivity contribution in [3.05, 3.63) is 60.7 Å². The van der Waals surface area contributed by atoms with Crippen LogP contribution < -0.4 is 9.62 Å². The second kappa shape index (κ2) is 4.77. The van der Waals surface area contributed by atoms with E-state index < -0.39 is 0 Å². The van der Waals surface area contributed by atoms with Crippen LogP contribution in [-0.2, 0) is 0 Å². The van der Waals surface area contributed by atoms with Crippen molar-refractivity contribution in [3.63, 3.8) is 0 Å². The van der Waals surface area contributed by atoms with Gasteiger partial charge in [-0.15, -0.1) is 0 Å². The molecule has 2 aromatic rings. The molecule has 90 valence electrons. The SMILES string of the molecule is CB1N(c2ccccc2)CCN1c1ccccc1. The third-order valence-electron chi connectivity index (χ3n) is 3.66. The molecule has 0 amide bonds. The summed E-state index contributed by atoms with van der Waals surface area (Å²) in [5.74, 6) is 0. The largest absolute Gasteiger partial charge is 0.394 e. The van der Waals surface area contributed by atoms with Gasteiger partial charge < -0.3 is 9.62 Å². The molecule has 3 heteroatoms. The van der Waals surface area contributed by atoms with E-state index in [0.717, 1.165) is 13.1 Å². The molecule has 18 heavy (non-hydrogen) atoms. The molecule has 2 nitrogen and oxygen atoms in total. The summed E-state index contributed by atoms with van der Waals surface area (Å²) in [6, 6.07) is 21.3. The molecule has 1 fully saturated rings. The smallest absolute Gasteiger partial charge is 0.372 e. The fourth-order valence-electron chi connectivity index (χ4n) is 2.69. The molecule has 0 spiro atoms. The van der Waals surface area contributed by atoms with Gasteiger partial charge in [0.25, 0.3) is 0 Å². The molecule has 1 aliphatic heterocycles. The second-order valence-electron chi connectivity index (χ2n) is 4.69. The van der Waals surface area contributed by atoms with Gasteiger partial charge in [-0.05, 0) is 31.1 Å². The monoisotopic (exact) mass is 236 g/mol. The lowest BCUT2D eigenvalue weighted by Crippen LogP contribution is -2.41. The normalized spacial score (nSPS) is 15.3. The summed E-state index contributed by atoms with van der Waals surface area (Å²) in [7, 11) is 0.